The van der Waals surface area contributed by atoms with Crippen molar-refractivity contribution < 1.29 is 4.79 Å². The molecule has 1 aliphatic carbocycles. The highest BCUT2D eigenvalue weighted by Gasteiger charge is 2.38. The molecule has 0 aromatic rings. The molecule has 0 heterocycles. The number of carbonyl (C=O) groups is 1. The van der Waals surface area contributed by atoms with Crippen LogP contribution in [0.3, 0.4) is 0 Å². The Morgan fingerprint density at radius 2 is 1.88 bits per heavy atom. The summed E-state index contributed by atoms with van der Waals surface area (Å²) < 4.78 is 0. The molecule has 3 nitrogen and oxygen atoms in total. The van der Waals surface area contributed by atoms with Gasteiger partial charge in [0.2, 0.25) is 5.91 Å². The minimum absolute atomic E-state index is 0.188. The molecule has 0 radical (unpaired) electrons. The number of nitrogens with two attached hydrogens (primary N) is 1. The maximum atomic E-state index is 12.4. The molecule has 2 unspecified atom stereocenters. The van der Waals surface area contributed by atoms with E-state index in [4.69, 9.17) is 5.73 Å². The van der Waals surface area contributed by atoms with Crippen molar-refractivity contribution >= 4 is 5.91 Å². The Hall–Kier alpha value is -0.570. The van der Waals surface area contributed by atoms with E-state index in [0.717, 1.165) is 32.1 Å². The van der Waals surface area contributed by atoms with Crippen molar-refractivity contribution in [3.05, 3.63) is 0 Å². The highest BCUT2D eigenvalue weighted by molar-refractivity contribution is 5.83. The second-order valence-electron chi connectivity index (χ2n) is 5.69. The van der Waals surface area contributed by atoms with E-state index in [-0.39, 0.29) is 17.4 Å². The molecule has 3 N–H and O–H groups in total. The van der Waals surface area contributed by atoms with Crippen molar-refractivity contribution in [1.82, 2.24) is 5.32 Å². The SMILES string of the molecule is CCC(C)C(C)NC(=O)C1(CN)CCCCC1. The molecular weight excluding hydrogens is 212 g/mol. The van der Waals surface area contributed by atoms with Gasteiger partial charge in [0.05, 0.1) is 5.41 Å². The molecule has 17 heavy (non-hydrogen) atoms. The molecule has 1 fully saturated rings. The summed E-state index contributed by atoms with van der Waals surface area (Å²) in [4.78, 5) is 12.4. The second kappa shape index (κ2) is 6.39. The quantitative estimate of drug-likeness (QED) is 0.775. The Morgan fingerprint density at radius 3 is 2.35 bits per heavy atom. The summed E-state index contributed by atoms with van der Waals surface area (Å²) in [6.07, 6.45) is 6.54. The standard InChI is InChI=1S/C14H28N2O/c1-4-11(2)12(3)16-13(17)14(10-15)8-6-5-7-9-14/h11-12H,4-10,15H2,1-3H3,(H,16,17). The van der Waals surface area contributed by atoms with E-state index in [1.807, 2.05) is 0 Å². The van der Waals surface area contributed by atoms with Gasteiger partial charge in [0.1, 0.15) is 0 Å². The number of amides is 1. The fraction of sp³-hybridized carbons (Fsp3) is 0.929. The van der Waals surface area contributed by atoms with Crippen molar-refractivity contribution in [2.75, 3.05) is 6.54 Å². The maximum absolute atomic E-state index is 12.4. The molecule has 3 heteroatoms. The Balaban J connectivity index is 2.60. The monoisotopic (exact) mass is 240 g/mol. The molecule has 2 atom stereocenters. The van der Waals surface area contributed by atoms with Crippen LogP contribution < -0.4 is 11.1 Å². The van der Waals surface area contributed by atoms with Crippen molar-refractivity contribution in [3.63, 3.8) is 0 Å². The van der Waals surface area contributed by atoms with Gasteiger partial charge < -0.3 is 11.1 Å². The van der Waals surface area contributed by atoms with Crippen LogP contribution in [-0.4, -0.2) is 18.5 Å². The van der Waals surface area contributed by atoms with E-state index < -0.39 is 0 Å². The third-order valence-electron chi connectivity index (χ3n) is 4.54. The van der Waals surface area contributed by atoms with Crippen LogP contribution in [0.1, 0.15) is 59.3 Å². The van der Waals surface area contributed by atoms with Gasteiger partial charge in [0, 0.05) is 12.6 Å². The highest BCUT2D eigenvalue weighted by atomic mass is 16.2. The topological polar surface area (TPSA) is 55.1 Å². The lowest BCUT2D eigenvalue weighted by Crippen LogP contribution is -2.50. The van der Waals surface area contributed by atoms with Gasteiger partial charge >= 0.3 is 0 Å². The van der Waals surface area contributed by atoms with Gasteiger partial charge in [0.25, 0.3) is 0 Å². The predicted octanol–water partition coefficient (Wildman–Crippen LogP) is 2.45. The zero-order valence-corrected chi connectivity index (χ0v) is 11.6. The maximum Gasteiger partial charge on any atom is 0.227 e. The Kier molecular flexibility index (Phi) is 5.44. The largest absolute Gasteiger partial charge is 0.353 e. The van der Waals surface area contributed by atoms with Crippen LogP contribution in [0.2, 0.25) is 0 Å². The van der Waals surface area contributed by atoms with E-state index in [2.05, 4.69) is 26.1 Å². The molecule has 1 amide bonds. The minimum Gasteiger partial charge on any atom is -0.353 e. The van der Waals surface area contributed by atoms with Crippen LogP contribution in [0.4, 0.5) is 0 Å². The van der Waals surface area contributed by atoms with E-state index in [1.54, 1.807) is 0 Å². The zero-order valence-electron chi connectivity index (χ0n) is 11.6. The first-order valence-corrected chi connectivity index (χ1v) is 7.07. The summed E-state index contributed by atoms with van der Waals surface area (Å²) in [7, 11) is 0. The van der Waals surface area contributed by atoms with Crippen molar-refractivity contribution in [2.24, 2.45) is 17.1 Å². The smallest absolute Gasteiger partial charge is 0.227 e. The summed E-state index contributed by atoms with van der Waals surface area (Å²) in [6.45, 7) is 6.93. The molecular formula is C14H28N2O. The third-order valence-corrected chi connectivity index (χ3v) is 4.54. The molecule has 1 rings (SSSR count). The average Bonchev–Trinajstić information content (AvgIpc) is 2.38. The normalized spacial score (nSPS) is 22.8. The van der Waals surface area contributed by atoms with E-state index >= 15 is 0 Å². The van der Waals surface area contributed by atoms with Crippen LogP contribution in [-0.2, 0) is 4.79 Å². The number of carbonyl (C=O) groups excluding carboxylic acids is 1. The summed E-state index contributed by atoms with van der Waals surface area (Å²) in [5, 5.41) is 3.17. The van der Waals surface area contributed by atoms with Crippen LogP contribution >= 0.6 is 0 Å². The Labute approximate surface area is 106 Å². The molecule has 100 valence electrons. The molecule has 0 aliphatic heterocycles. The van der Waals surface area contributed by atoms with E-state index in [9.17, 15) is 4.79 Å². The van der Waals surface area contributed by atoms with Gasteiger partial charge in [-0.3, -0.25) is 4.79 Å². The Bertz CT molecular complexity index is 247. The number of nitrogens with one attached hydrogen (secondary N) is 1. The number of hydrogen-bond donors (Lipinski definition) is 2. The first-order valence-electron chi connectivity index (χ1n) is 7.07. The van der Waals surface area contributed by atoms with Gasteiger partial charge in [0.15, 0.2) is 0 Å². The zero-order chi connectivity index (χ0) is 12.9. The fourth-order valence-corrected chi connectivity index (χ4v) is 2.61. The van der Waals surface area contributed by atoms with E-state index in [0.29, 0.717) is 12.5 Å². The third kappa shape index (κ3) is 3.44. The van der Waals surface area contributed by atoms with Gasteiger partial charge in [-0.25, -0.2) is 0 Å². The lowest BCUT2D eigenvalue weighted by atomic mass is 9.73. The summed E-state index contributed by atoms with van der Waals surface area (Å²) in [5.74, 6) is 0.713. The van der Waals surface area contributed by atoms with Gasteiger partial charge in [-0.1, -0.05) is 39.5 Å². The lowest BCUT2D eigenvalue weighted by Gasteiger charge is -2.36. The first kappa shape index (κ1) is 14.5. The van der Waals surface area contributed by atoms with Gasteiger partial charge in [-0.05, 0) is 25.7 Å². The minimum atomic E-state index is -0.278. The molecule has 0 aromatic carbocycles. The summed E-state index contributed by atoms with van der Waals surface area (Å²) in [6, 6.07) is 0.248. The Morgan fingerprint density at radius 1 is 1.29 bits per heavy atom. The number of hydrogen-bond acceptors (Lipinski definition) is 2. The van der Waals surface area contributed by atoms with Crippen LogP contribution in [0.25, 0.3) is 0 Å². The molecule has 1 aliphatic rings. The lowest BCUT2D eigenvalue weighted by molar-refractivity contribution is -0.133. The summed E-state index contributed by atoms with van der Waals surface area (Å²) in [5.41, 5.74) is 5.58. The fourth-order valence-electron chi connectivity index (χ4n) is 2.61. The molecule has 0 spiro atoms. The molecule has 0 aromatic heterocycles. The van der Waals surface area contributed by atoms with Crippen molar-refractivity contribution in [2.45, 2.75) is 65.3 Å². The predicted molar refractivity (Wildman–Crippen MR) is 71.6 cm³/mol. The average molecular weight is 240 g/mol. The highest BCUT2D eigenvalue weighted by Crippen LogP contribution is 2.35. The first-order chi connectivity index (χ1) is 8.05. The van der Waals surface area contributed by atoms with Crippen LogP contribution in [0.5, 0.6) is 0 Å². The number of rotatable bonds is 5. The molecule has 0 bridgehead atoms. The van der Waals surface area contributed by atoms with E-state index in [1.165, 1.54) is 6.42 Å². The molecule has 0 saturated heterocycles. The summed E-state index contributed by atoms with van der Waals surface area (Å²) >= 11 is 0. The van der Waals surface area contributed by atoms with Crippen LogP contribution in [0, 0.1) is 11.3 Å². The molecule has 1 saturated carbocycles. The second-order valence-corrected chi connectivity index (χ2v) is 5.69. The van der Waals surface area contributed by atoms with Crippen molar-refractivity contribution in [3.8, 4) is 0 Å². The van der Waals surface area contributed by atoms with Gasteiger partial charge in [-0.15, -0.1) is 0 Å². The van der Waals surface area contributed by atoms with Crippen molar-refractivity contribution in [1.29, 1.82) is 0 Å². The van der Waals surface area contributed by atoms with Gasteiger partial charge in [-0.2, -0.15) is 0 Å². The van der Waals surface area contributed by atoms with Crippen LogP contribution in [0.15, 0.2) is 0 Å².